The van der Waals surface area contributed by atoms with E-state index < -0.39 is 17.9 Å². The highest BCUT2D eigenvalue weighted by molar-refractivity contribution is 5.82. The molecule has 5 N–H and O–H groups in total. The van der Waals surface area contributed by atoms with Crippen LogP contribution in [-0.2, 0) is 38.1 Å². The van der Waals surface area contributed by atoms with Crippen LogP contribution in [-0.4, -0.2) is 101 Å². The van der Waals surface area contributed by atoms with Crippen molar-refractivity contribution in [1.82, 2.24) is 10.6 Å². The van der Waals surface area contributed by atoms with Gasteiger partial charge in [0, 0.05) is 19.5 Å². The lowest BCUT2D eigenvalue weighted by Gasteiger charge is -2.11. The lowest BCUT2D eigenvalue weighted by Crippen LogP contribution is -2.42. The molecule has 0 heterocycles. The number of ether oxygens (including phenoxy) is 4. The predicted molar refractivity (Wildman–Crippen MR) is 99.8 cm³/mol. The molecule has 0 aliphatic carbocycles. The molecule has 12 heteroatoms. The molecule has 1 atom stereocenters. The van der Waals surface area contributed by atoms with Gasteiger partial charge in [-0.25, -0.2) is 0 Å². The van der Waals surface area contributed by atoms with Gasteiger partial charge in [-0.15, -0.1) is 0 Å². The third-order valence-electron chi connectivity index (χ3n) is 3.26. The summed E-state index contributed by atoms with van der Waals surface area (Å²) >= 11 is 0. The van der Waals surface area contributed by atoms with E-state index in [1.165, 1.54) is 0 Å². The van der Waals surface area contributed by atoms with Crippen molar-refractivity contribution in [2.45, 2.75) is 18.9 Å². The van der Waals surface area contributed by atoms with Gasteiger partial charge in [0.25, 0.3) is 0 Å². The highest BCUT2D eigenvalue weighted by atomic mass is 16.5. The van der Waals surface area contributed by atoms with Crippen LogP contribution in [0.15, 0.2) is 0 Å². The molecular formula is C17H30N3O9. The predicted octanol–water partition coefficient (Wildman–Crippen LogP) is -2.41. The molecule has 0 aromatic rings. The van der Waals surface area contributed by atoms with Gasteiger partial charge in [0.1, 0.15) is 13.2 Å². The van der Waals surface area contributed by atoms with E-state index in [2.05, 4.69) is 10.6 Å². The van der Waals surface area contributed by atoms with Crippen LogP contribution in [0.2, 0.25) is 0 Å². The molecule has 2 amide bonds. The van der Waals surface area contributed by atoms with Crippen molar-refractivity contribution in [3.8, 4) is 0 Å². The Bertz CT molecular complexity index is 477. The summed E-state index contributed by atoms with van der Waals surface area (Å²) in [5.74, 6) is -1.73. The van der Waals surface area contributed by atoms with Crippen LogP contribution in [0.25, 0.3) is 0 Å². The first-order valence-corrected chi connectivity index (χ1v) is 9.15. The first-order chi connectivity index (χ1) is 14.0. The Kier molecular flexibility index (Phi) is 17.8. The maximum absolute atomic E-state index is 11.6. The van der Waals surface area contributed by atoms with Gasteiger partial charge in [-0.2, -0.15) is 0 Å². The lowest BCUT2D eigenvalue weighted by atomic mass is 10.1. The SMILES string of the molecule is N[C@@H](CCC(=O)O)C(=O)NCCOCCOCC(=O)NCCOCCOC[C]=O. The molecule has 0 fully saturated rings. The number of rotatable bonds is 20. The number of carbonyl (C=O) groups is 3. The Labute approximate surface area is 169 Å². The van der Waals surface area contributed by atoms with Crippen LogP contribution < -0.4 is 16.4 Å². The maximum atomic E-state index is 11.6. The summed E-state index contributed by atoms with van der Waals surface area (Å²) in [7, 11) is 0. The van der Waals surface area contributed by atoms with Crippen molar-refractivity contribution in [3.63, 3.8) is 0 Å². The molecule has 167 valence electrons. The molecule has 0 unspecified atom stereocenters. The lowest BCUT2D eigenvalue weighted by molar-refractivity contribution is -0.137. The molecule has 1 radical (unpaired) electrons. The minimum absolute atomic E-state index is 0.0682. The van der Waals surface area contributed by atoms with E-state index >= 15 is 0 Å². The third-order valence-corrected chi connectivity index (χ3v) is 3.26. The van der Waals surface area contributed by atoms with Gasteiger partial charge in [-0.05, 0) is 6.42 Å². The third kappa shape index (κ3) is 19.0. The first-order valence-electron chi connectivity index (χ1n) is 9.15. The molecule has 0 aliphatic heterocycles. The zero-order valence-corrected chi connectivity index (χ0v) is 16.4. The fourth-order valence-electron chi connectivity index (χ4n) is 1.82. The molecule has 0 rings (SSSR count). The topological polar surface area (TPSA) is 176 Å². The average Bonchev–Trinajstić information content (AvgIpc) is 2.69. The number of hydrogen-bond donors (Lipinski definition) is 4. The van der Waals surface area contributed by atoms with Crippen LogP contribution in [0.5, 0.6) is 0 Å². The Balaban J connectivity index is 3.39. The van der Waals surface area contributed by atoms with Crippen molar-refractivity contribution >= 4 is 24.1 Å². The number of aliphatic carboxylic acids is 1. The fourth-order valence-corrected chi connectivity index (χ4v) is 1.82. The number of carbonyl (C=O) groups excluding carboxylic acids is 3. The van der Waals surface area contributed by atoms with Gasteiger partial charge in [-0.1, -0.05) is 0 Å². The van der Waals surface area contributed by atoms with E-state index in [0.717, 1.165) is 0 Å². The molecule has 0 aromatic heterocycles. The first kappa shape index (κ1) is 26.9. The van der Waals surface area contributed by atoms with Crippen LogP contribution in [0.4, 0.5) is 0 Å². The molecule has 0 saturated carbocycles. The van der Waals surface area contributed by atoms with E-state index in [1.807, 2.05) is 0 Å². The van der Waals surface area contributed by atoms with Crippen molar-refractivity contribution in [2.75, 3.05) is 65.9 Å². The van der Waals surface area contributed by atoms with Crippen LogP contribution in [0, 0.1) is 0 Å². The largest absolute Gasteiger partial charge is 0.481 e. The molecule has 0 spiro atoms. The van der Waals surface area contributed by atoms with Gasteiger partial charge in [0.2, 0.25) is 18.1 Å². The number of amides is 2. The molecule has 0 bridgehead atoms. The van der Waals surface area contributed by atoms with Crippen molar-refractivity contribution < 1.29 is 43.2 Å². The average molecular weight is 420 g/mol. The highest BCUT2D eigenvalue weighted by Gasteiger charge is 2.13. The van der Waals surface area contributed by atoms with E-state index in [-0.39, 0.29) is 64.9 Å². The number of nitrogens with two attached hydrogens (primary N) is 1. The van der Waals surface area contributed by atoms with Crippen LogP contribution >= 0.6 is 0 Å². The van der Waals surface area contributed by atoms with Crippen LogP contribution in [0.1, 0.15) is 12.8 Å². The summed E-state index contributed by atoms with van der Waals surface area (Å²) < 4.78 is 20.4. The standard InChI is InChI=1S/C17H30N3O9/c18-14(1-2-16(23)24)17(25)20-4-7-27-11-12-29-13-15(22)19-3-6-26-9-10-28-8-5-21/h14H,1-4,6-13,18H2,(H,19,22)(H,20,25)(H,23,24)/t14-/m0/s1. The maximum Gasteiger partial charge on any atom is 0.303 e. The molecular weight excluding hydrogens is 390 g/mol. The van der Waals surface area contributed by atoms with E-state index in [9.17, 15) is 19.2 Å². The second-order valence-electron chi connectivity index (χ2n) is 5.65. The Morgan fingerprint density at radius 2 is 1.48 bits per heavy atom. The summed E-state index contributed by atoms with van der Waals surface area (Å²) in [4.78, 5) is 43.3. The summed E-state index contributed by atoms with van der Waals surface area (Å²) in [6.07, 6.45) is 1.49. The smallest absolute Gasteiger partial charge is 0.303 e. The van der Waals surface area contributed by atoms with Crippen molar-refractivity contribution in [2.24, 2.45) is 5.73 Å². The minimum Gasteiger partial charge on any atom is -0.481 e. The van der Waals surface area contributed by atoms with Crippen LogP contribution in [0.3, 0.4) is 0 Å². The zero-order valence-electron chi connectivity index (χ0n) is 16.4. The van der Waals surface area contributed by atoms with E-state index in [0.29, 0.717) is 19.8 Å². The van der Waals surface area contributed by atoms with Gasteiger partial charge >= 0.3 is 5.97 Å². The Hall–Kier alpha value is -2.12. The number of nitrogens with one attached hydrogen (secondary N) is 2. The molecule has 29 heavy (non-hydrogen) atoms. The quantitative estimate of drug-likeness (QED) is 0.155. The number of carboxylic acids is 1. The molecule has 0 saturated heterocycles. The normalized spacial score (nSPS) is 11.6. The fraction of sp³-hybridized carbons (Fsp3) is 0.765. The van der Waals surface area contributed by atoms with Crippen molar-refractivity contribution in [1.29, 1.82) is 0 Å². The number of hydrogen-bond acceptors (Lipinski definition) is 9. The summed E-state index contributed by atoms with van der Waals surface area (Å²) in [5, 5.41) is 13.7. The van der Waals surface area contributed by atoms with Gasteiger partial charge < -0.3 is 40.4 Å². The van der Waals surface area contributed by atoms with Gasteiger partial charge in [-0.3, -0.25) is 19.2 Å². The Morgan fingerprint density at radius 3 is 2.10 bits per heavy atom. The molecule has 0 aliphatic rings. The Morgan fingerprint density at radius 1 is 0.897 bits per heavy atom. The minimum atomic E-state index is -1.00. The van der Waals surface area contributed by atoms with E-state index in [1.54, 1.807) is 6.29 Å². The summed E-state index contributed by atoms with van der Waals surface area (Å²) in [5.41, 5.74) is 5.55. The molecule has 12 nitrogen and oxygen atoms in total. The molecule has 0 aromatic carbocycles. The number of carboxylic acid groups (broad SMARTS) is 1. The summed E-state index contributed by atoms with van der Waals surface area (Å²) in [6.45, 7) is 1.97. The highest BCUT2D eigenvalue weighted by Crippen LogP contribution is 1.94. The van der Waals surface area contributed by atoms with Gasteiger partial charge in [0.15, 0.2) is 0 Å². The van der Waals surface area contributed by atoms with Gasteiger partial charge in [0.05, 0.1) is 45.7 Å². The second-order valence-corrected chi connectivity index (χ2v) is 5.65. The van der Waals surface area contributed by atoms with E-state index in [4.69, 9.17) is 29.8 Å². The summed E-state index contributed by atoms with van der Waals surface area (Å²) in [6, 6.07) is -0.868. The monoisotopic (exact) mass is 420 g/mol. The van der Waals surface area contributed by atoms with Crippen molar-refractivity contribution in [3.05, 3.63) is 0 Å². The zero-order chi connectivity index (χ0) is 21.7. The second kappa shape index (κ2) is 19.2.